The van der Waals surface area contributed by atoms with Crippen LogP contribution < -0.4 is 10.4 Å². The molecule has 9 nitrogen and oxygen atoms in total. The number of ketones is 1. The zero-order valence-corrected chi connectivity index (χ0v) is 37.6. The second-order valence-corrected chi connectivity index (χ2v) is 21.0. The van der Waals surface area contributed by atoms with Gasteiger partial charge in [-0.3, -0.25) is 9.59 Å². The molecule has 3 fully saturated rings. The van der Waals surface area contributed by atoms with Crippen LogP contribution in [-0.4, -0.2) is 80.5 Å². The largest absolute Gasteiger partial charge is 0.462 e. The van der Waals surface area contributed by atoms with E-state index in [1.54, 1.807) is 6.08 Å². The van der Waals surface area contributed by atoms with E-state index in [9.17, 15) is 14.7 Å². The SMILES string of the molecule is CCO[Si](O[C@@H]1C(C)=C[C@H]2C(=O)O[C@H]3C[C@@H](C/C=C(\C)C[C@@H](C)/C=C/C=C4\CO[C@H]1[C@@]42O)O[C@@]1(CC(=O)[C@H](C)[C@@H](/C(C)=C/C(C)C)O1)C3)(c1ccccc1)c1ccccc1. The highest BCUT2D eigenvalue weighted by Gasteiger charge is 2.62. The Hall–Kier alpha value is -3.74. The molecule has 1 N–H and O–H groups in total. The monoisotopic (exact) mass is 836 g/mol. The molecule has 5 aliphatic rings. The highest BCUT2D eigenvalue weighted by Crippen LogP contribution is 2.48. The van der Waals surface area contributed by atoms with Crippen LogP contribution in [0.3, 0.4) is 0 Å². The minimum absolute atomic E-state index is 0.0626. The highest BCUT2D eigenvalue weighted by atomic mass is 28.4. The average molecular weight is 837 g/mol. The van der Waals surface area contributed by atoms with Gasteiger partial charge in [0, 0.05) is 25.4 Å². The Morgan fingerprint density at radius 1 is 1.00 bits per heavy atom. The molecule has 322 valence electrons. The zero-order valence-electron chi connectivity index (χ0n) is 36.6. The van der Waals surface area contributed by atoms with Gasteiger partial charge in [-0.05, 0) is 79.5 Å². The molecular weight excluding hydrogens is 773 g/mol. The average Bonchev–Trinajstić information content (AvgIpc) is 3.55. The Kier molecular flexibility index (Phi) is 13.5. The number of rotatable bonds is 8. The molecule has 0 radical (unpaired) electrons. The van der Waals surface area contributed by atoms with Crippen molar-refractivity contribution in [2.24, 2.45) is 23.7 Å². The van der Waals surface area contributed by atoms with Gasteiger partial charge in [0.05, 0.1) is 31.3 Å². The quantitative estimate of drug-likeness (QED) is 0.163. The minimum atomic E-state index is -3.44. The number of carbonyl (C=O) groups excluding carboxylic acids is 2. The predicted octanol–water partition coefficient (Wildman–Crippen LogP) is 7.61. The number of Topliss-reactive ketones (excluding diaryl/α,β-unsaturated/α-hetero) is 1. The molecule has 2 aromatic carbocycles. The predicted molar refractivity (Wildman–Crippen MR) is 235 cm³/mol. The van der Waals surface area contributed by atoms with Crippen LogP contribution in [0.15, 0.2) is 119 Å². The molecule has 4 heterocycles. The van der Waals surface area contributed by atoms with E-state index in [2.05, 4.69) is 45.9 Å². The van der Waals surface area contributed by atoms with Crippen molar-refractivity contribution in [2.45, 2.75) is 129 Å². The van der Waals surface area contributed by atoms with Crippen molar-refractivity contribution >= 4 is 30.7 Å². The van der Waals surface area contributed by atoms with Crippen LogP contribution in [0, 0.1) is 23.7 Å². The lowest BCUT2D eigenvalue weighted by Gasteiger charge is -2.49. The Balaban J connectivity index is 1.29. The summed E-state index contributed by atoms with van der Waals surface area (Å²) in [4.78, 5) is 28.7. The molecule has 2 bridgehead atoms. The van der Waals surface area contributed by atoms with Crippen molar-refractivity contribution in [3.05, 3.63) is 119 Å². The second-order valence-electron chi connectivity index (χ2n) is 18.1. The lowest BCUT2D eigenvalue weighted by atomic mass is 9.71. The van der Waals surface area contributed by atoms with Crippen molar-refractivity contribution in [1.82, 2.24) is 0 Å². The second kappa shape index (κ2) is 18.3. The molecule has 0 aromatic heterocycles. The third-order valence-corrected chi connectivity index (χ3v) is 16.3. The first-order chi connectivity index (χ1) is 28.7. The van der Waals surface area contributed by atoms with Gasteiger partial charge >= 0.3 is 14.5 Å². The normalized spacial score (nSPS) is 36.4. The van der Waals surface area contributed by atoms with Crippen molar-refractivity contribution in [3.8, 4) is 0 Å². The van der Waals surface area contributed by atoms with Crippen LogP contribution in [0.4, 0.5) is 0 Å². The number of esters is 1. The Morgan fingerprint density at radius 3 is 2.33 bits per heavy atom. The first-order valence-electron chi connectivity index (χ1n) is 21.9. The van der Waals surface area contributed by atoms with Crippen molar-refractivity contribution in [3.63, 3.8) is 0 Å². The Morgan fingerprint density at radius 2 is 1.68 bits per heavy atom. The van der Waals surface area contributed by atoms with E-state index in [4.69, 9.17) is 27.8 Å². The molecule has 60 heavy (non-hydrogen) atoms. The smallest absolute Gasteiger partial charge is 0.407 e. The number of benzene rings is 2. The number of hydrogen-bond donors (Lipinski definition) is 1. The minimum Gasteiger partial charge on any atom is -0.462 e. The molecule has 1 spiro atoms. The van der Waals surface area contributed by atoms with Crippen LogP contribution >= 0.6 is 0 Å². The van der Waals surface area contributed by atoms with Gasteiger partial charge in [-0.25, -0.2) is 0 Å². The number of carbonyl (C=O) groups is 2. The summed E-state index contributed by atoms with van der Waals surface area (Å²) >= 11 is 0. The van der Waals surface area contributed by atoms with Crippen LogP contribution in [-0.2, 0) is 37.4 Å². The molecule has 10 heteroatoms. The molecule has 3 saturated heterocycles. The first-order valence-corrected chi connectivity index (χ1v) is 23.8. The molecule has 1 aliphatic carbocycles. The molecule has 0 amide bonds. The van der Waals surface area contributed by atoms with Gasteiger partial charge in [0.1, 0.15) is 29.5 Å². The maximum absolute atomic E-state index is 14.9. The van der Waals surface area contributed by atoms with E-state index in [-0.39, 0.29) is 49.1 Å². The van der Waals surface area contributed by atoms with Crippen LogP contribution in [0.5, 0.6) is 0 Å². The third-order valence-electron chi connectivity index (χ3n) is 12.8. The zero-order chi connectivity index (χ0) is 42.8. The summed E-state index contributed by atoms with van der Waals surface area (Å²) in [5, 5.41) is 15.1. The topological polar surface area (TPSA) is 110 Å². The summed E-state index contributed by atoms with van der Waals surface area (Å²) in [6.07, 6.45) is 11.0. The lowest BCUT2D eigenvalue weighted by Crippen LogP contribution is -2.68. The van der Waals surface area contributed by atoms with Gasteiger partial charge < -0.3 is 32.9 Å². The van der Waals surface area contributed by atoms with Gasteiger partial charge in [-0.15, -0.1) is 0 Å². The summed E-state index contributed by atoms with van der Waals surface area (Å²) in [5.74, 6) is -2.75. The van der Waals surface area contributed by atoms with Gasteiger partial charge in [0.15, 0.2) is 5.79 Å². The maximum atomic E-state index is 14.9. The summed E-state index contributed by atoms with van der Waals surface area (Å²) < 4.78 is 40.9. The fourth-order valence-electron chi connectivity index (χ4n) is 10.0. The van der Waals surface area contributed by atoms with Gasteiger partial charge in [-0.2, -0.15) is 0 Å². The summed E-state index contributed by atoms with van der Waals surface area (Å²) in [6, 6.07) is 20.0. The summed E-state index contributed by atoms with van der Waals surface area (Å²) in [7, 11) is -3.44. The standard InChI is InChI=1S/C50H64O9Si/c1-9-55-60(41-19-12-10-13-20-41,42-21-14-11-15-22-42)59-46-36(7)27-43-48(52)56-40-28-39(57-49(29-40)30-44(51)37(8)45(58-49)35(6)25-32(2)3)24-23-34(5)26-33(4)17-16-18-38-31-54-47(46)50(38,43)53/h10-23,25,27,32-33,37,39-40,43,45-47,53H,9,24,26,28-31H2,1-8H3/b17-16+,34-23+,35-25+,38-18+/t33-,37-,39+,40-,43-,45+,46+,47+,49-,50+/m0/s1. The summed E-state index contributed by atoms with van der Waals surface area (Å²) in [6.45, 7) is 16.8. The third kappa shape index (κ3) is 8.93. The molecule has 0 unspecified atom stereocenters. The molecule has 7 rings (SSSR count). The van der Waals surface area contributed by atoms with E-state index in [0.29, 0.717) is 25.0 Å². The lowest BCUT2D eigenvalue weighted by molar-refractivity contribution is -0.319. The van der Waals surface area contributed by atoms with E-state index >= 15 is 0 Å². The van der Waals surface area contributed by atoms with Crippen molar-refractivity contribution in [1.29, 1.82) is 0 Å². The first kappa shape index (κ1) is 44.3. The number of ether oxygens (including phenoxy) is 4. The van der Waals surface area contributed by atoms with E-state index < -0.39 is 56.3 Å². The van der Waals surface area contributed by atoms with Crippen LogP contribution in [0.25, 0.3) is 0 Å². The Bertz CT molecular complexity index is 1980. The Labute approximate surface area is 357 Å². The molecule has 4 aliphatic heterocycles. The van der Waals surface area contributed by atoms with Crippen LogP contribution in [0.1, 0.15) is 87.5 Å². The van der Waals surface area contributed by atoms with E-state index in [0.717, 1.165) is 27.9 Å². The number of fused-ring (bicyclic) bond motifs is 2. The number of allylic oxidation sites excluding steroid dienone is 5. The number of hydrogen-bond acceptors (Lipinski definition) is 9. The van der Waals surface area contributed by atoms with E-state index in [1.165, 1.54) is 5.57 Å². The maximum Gasteiger partial charge on any atom is 0.407 e. The fraction of sp³-hybridized carbons (Fsp3) is 0.520. The molecular formula is C50H64O9Si. The molecule has 0 saturated carbocycles. The fourth-order valence-corrected chi connectivity index (χ4v) is 13.4. The van der Waals surface area contributed by atoms with Crippen molar-refractivity contribution in [2.75, 3.05) is 13.2 Å². The number of aliphatic hydroxyl groups is 1. The van der Waals surface area contributed by atoms with Gasteiger partial charge in [0.2, 0.25) is 0 Å². The van der Waals surface area contributed by atoms with Gasteiger partial charge in [0.25, 0.3) is 0 Å². The molecule has 2 aromatic rings. The molecule has 10 atom stereocenters. The highest BCUT2D eigenvalue weighted by molar-refractivity contribution is 6.92. The van der Waals surface area contributed by atoms with Crippen LogP contribution in [0.2, 0.25) is 0 Å². The van der Waals surface area contributed by atoms with Gasteiger partial charge in [-0.1, -0.05) is 130 Å². The van der Waals surface area contributed by atoms with E-state index in [1.807, 2.05) is 101 Å². The van der Waals surface area contributed by atoms with Crippen molar-refractivity contribution < 1.29 is 42.5 Å². The summed E-state index contributed by atoms with van der Waals surface area (Å²) in [5.41, 5.74) is 1.70.